The molecule has 5 nitrogen and oxygen atoms in total. The van der Waals surface area contributed by atoms with Gasteiger partial charge in [0.25, 0.3) is 0 Å². The number of methoxy groups -OCH3 is 1. The number of nitrogens with zero attached hydrogens (tertiary/aromatic N) is 3. The number of rotatable bonds is 7. The maximum absolute atomic E-state index is 5.99. The van der Waals surface area contributed by atoms with Crippen LogP contribution in [0.4, 0.5) is 0 Å². The zero-order valence-corrected chi connectivity index (χ0v) is 15.6. The summed E-state index contributed by atoms with van der Waals surface area (Å²) in [6.45, 7) is 9.25. The normalized spacial score (nSPS) is 18.3. The van der Waals surface area contributed by atoms with E-state index in [2.05, 4.69) is 28.5 Å². The summed E-state index contributed by atoms with van der Waals surface area (Å²) >= 11 is 0. The van der Waals surface area contributed by atoms with Crippen molar-refractivity contribution in [2.75, 3.05) is 26.8 Å². The lowest BCUT2D eigenvalue weighted by Gasteiger charge is -2.32. The van der Waals surface area contributed by atoms with E-state index in [0.717, 1.165) is 44.3 Å². The van der Waals surface area contributed by atoms with Crippen molar-refractivity contribution < 1.29 is 9.47 Å². The largest absolute Gasteiger partial charge is 0.497 e. The summed E-state index contributed by atoms with van der Waals surface area (Å²) in [4.78, 5) is 2.54. The molecule has 5 heteroatoms. The highest BCUT2D eigenvalue weighted by Gasteiger charge is 2.21. The van der Waals surface area contributed by atoms with Gasteiger partial charge in [-0.1, -0.05) is 0 Å². The predicted octanol–water partition coefficient (Wildman–Crippen LogP) is 3.51. The van der Waals surface area contributed by atoms with Crippen molar-refractivity contribution in [3.05, 3.63) is 41.7 Å². The summed E-state index contributed by atoms with van der Waals surface area (Å²) in [7, 11) is 1.68. The highest BCUT2D eigenvalue weighted by Crippen LogP contribution is 2.22. The van der Waals surface area contributed by atoms with E-state index >= 15 is 0 Å². The molecule has 25 heavy (non-hydrogen) atoms. The molecule has 1 aromatic heterocycles. The number of piperidine rings is 1. The second-order valence-corrected chi connectivity index (χ2v) is 6.80. The van der Waals surface area contributed by atoms with Crippen LogP contribution in [0.2, 0.25) is 0 Å². The fourth-order valence-corrected chi connectivity index (χ4v) is 3.52. The third kappa shape index (κ3) is 4.54. The van der Waals surface area contributed by atoms with Gasteiger partial charge in [0.15, 0.2) is 0 Å². The van der Waals surface area contributed by atoms with Gasteiger partial charge in [-0.3, -0.25) is 9.58 Å². The molecule has 136 valence electrons. The summed E-state index contributed by atoms with van der Waals surface area (Å²) in [5.41, 5.74) is 2.64. The number of hydrogen-bond donors (Lipinski definition) is 0. The molecule has 0 amide bonds. The summed E-state index contributed by atoms with van der Waals surface area (Å²) in [6.07, 6.45) is 4.49. The fraction of sp³-hybridized carbons (Fsp3) is 0.550. The van der Waals surface area contributed by atoms with Crippen LogP contribution in [-0.2, 0) is 13.1 Å². The maximum Gasteiger partial charge on any atom is 0.119 e. The number of benzene rings is 1. The molecule has 2 aromatic rings. The monoisotopic (exact) mass is 343 g/mol. The first-order valence-corrected chi connectivity index (χ1v) is 9.20. The molecule has 3 rings (SSSR count). The minimum Gasteiger partial charge on any atom is -0.497 e. The molecule has 0 aliphatic carbocycles. The lowest BCUT2D eigenvalue weighted by molar-refractivity contribution is 0.125. The SMILES string of the molecule is CCn1ncc(CN2CCC[C@@H](COc3ccc(OC)cc3)C2)c1C. The zero-order valence-electron chi connectivity index (χ0n) is 15.6. The lowest BCUT2D eigenvalue weighted by atomic mass is 9.98. The summed E-state index contributed by atoms with van der Waals surface area (Å²) < 4.78 is 13.2. The average molecular weight is 343 g/mol. The molecule has 0 saturated carbocycles. The first kappa shape index (κ1) is 17.8. The van der Waals surface area contributed by atoms with Gasteiger partial charge in [-0.05, 0) is 57.5 Å². The predicted molar refractivity (Wildman–Crippen MR) is 99.1 cm³/mol. The number of ether oxygens (including phenoxy) is 2. The van der Waals surface area contributed by atoms with Crippen LogP contribution in [0.15, 0.2) is 30.5 Å². The Bertz CT molecular complexity index is 666. The van der Waals surface area contributed by atoms with E-state index in [1.165, 1.54) is 24.1 Å². The van der Waals surface area contributed by atoms with Gasteiger partial charge >= 0.3 is 0 Å². The molecule has 1 saturated heterocycles. The van der Waals surface area contributed by atoms with Crippen molar-refractivity contribution in [3.8, 4) is 11.5 Å². The molecule has 1 aliphatic heterocycles. The molecule has 0 N–H and O–H groups in total. The van der Waals surface area contributed by atoms with Crippen LogP contribution in [0.1, 0.15) is 31.0 Å². The van der Waals surface area contributed by atoms with Crippen molar-refractivity contribution in [3.63, 3.8) is 0 Å². The first-order chi connectivity index (χ1) is 12.2. The number of likely N-dealkylation sites (tertiary alicyclic amines) is 1. The highest BCUT2D eigenvalue weighted by molar-refractivity contribution is 5.31. The van der Waals surface area contributed by atoms with Gasteiger partial charge in [-0.2, -0.15) is 5.10 Å². The third-order valence-electron chi connectivity index (χ3n) is 5.05. The molecule has 1 aliphatic rings. The van der Waals surface area contributed by atoms with Gasteiger partial charge in [-0.15, -0.1) is 0 Å². The Morgan fingerprint density at radius 2 is 1.96 bits per heavy atom. The Morgan fingerprint density at radius 1 is 1.20 bits per heavy atom. The Balaban J connectivity index is 1.51. The van der Waals surface area contributed by atoms with Gasteiger partial charge in [0.1, 0.15) is 11.5 Å². The first-order valence-electron chi connectivity index (χ1n) is 9.20. The van der Waals surface area contributed by atoms with Crippen molar-refractivity contribution in [1.82, 2.24) is 14.7 Å². The van der Waals surface area contributed by atoms with Crippen molar-refractivity contribution in [2.24, 2.45) is 5.92 Å². The van der Waals surface area contributed by atoms with Crippen LogP contribution < -0.4 is 9.47 Å². The number of aryl methyl sites for hydroxylation is 1. The van der Waals surface area contributed by atoms with E-state index in [-0.39, 0.29) is 0 Å². The molecular formula is C20H29N3O2. The van der Waals surface area contributed by atoms with E-state index in [1.54, 1.807) is 7.11 Å². The maximum atomic E-state index is 5.99. The van der Waals surface area contributed by atoms with Crippen LogP contribution in [0, 0.1) is 12.8 Å². The smallest absolute Gasteiger partial charge is 0.119 e. The van der Waals surface area contributed by atoms with Crippen LogP contribution in [-0.4, -0.2) is 41.5 Å². The standard InChI is InChI=1S/C20H29N3O2/c1-4-23-16(2)18(12-21-23)14-22-11-5-6-17(13-22)15-25-20-9-7-19(24-3)8-10-20/h7-10,12,17H,4-6,11,13-15H2,1-3H3/t17-/m1/s1. The molecular weight excluding hydrogens is 314 g/mol. The lowest BCUT2D eigenvalue weighted by Crippen LogP contribution is -2.37. The van der Waals surface area contributed by atoms with Crippen LogP contribution in [0.5, 0.6) is 11.5 Å². The van der Waals surface area contributed by atoms with Crippen molar-refractivity contribution in [2.45, 2.75) is 39.8 Å². The van der Waals surface area contributed by atoms with Gasteiger partial charge in [0.05, 0.1) is 19.9 Å². The Kier molecular flexibility index (Phi) is 5.97. The van der Waals surface area contributed by atoms with Crippen LogP contribution in [0.25, 0.3) is 0 Å². The summed E-state index contributed by atoms with van der Waals surface area (Å²) in [5, 5.41) is 4.46. The van der Waals surface area contributed by atoms with Crippen LogP contribution in [0.3, 0.4) is 0 Å². The molecule has 0 unspecified atom stereocenters. The van der Waals surface area contributed by atoms with E-state index < -0.39 is 0 Å². The van der Waals surface area contributed by atoms with E-state index in [4.69, 9.17) is 9.47 Å². The minimum atomic E-state index is 0.581. The fourth-order valence-electron chi connectivity index (χ4n) is 3.52. The molecule has 0 radical (unpaired) electrons. The van der Waals surface area contributed by atoms with Gasteiger partial charge in [-0.25, -0.2) is 0 Å². The van der Waals surface area contributed by atoms with Crippen LogP contribution >= 0.6 is 0 Å². The van der Waals surface area contributed by atoms with Gasteiger partial charge in [0, 0.05) is 36.8 Å². The second-order valence-electron chi connectivity index (χ2n) is 6.80. The third-order valence-corrected chi connectivity index (χ3v) is 5.05. The Labute approximate surface area is 150 Å². The van der Waals surface area contributed by atoms with E-state index in [0.29, 0.717) is 5.92 Å². The summed E-state index contributed by atoms with van der Waals surface area (Å²) in [5.74, 6) is 2.36. The van der Waals surface area contributed by atoms with Gasteiger partial charge < -0.3 is 9.47 Å². The van der Waals surface area contributed by atoms with Gasteiger partial charge in [0.2, 0.25) is 0 Å². The highest BCUT2D eigenvalue weighted by atomic mass is 16.5. The topological polar surface area (TPSA) is 39.5 Å². The van der Waals surface area contributed by atoms with Crippen molar-refractivity contribution >= 4 is 0 Å². The number of aromatic nitrogens is 2. The average Bonchev–Trinajstić information content (AvgIpc) is 3.00. The Hall–Kier alpha value is -2.01. The second kappa shape index (κ2) is 8.39. The summed E-state index contributed by atoms with van der Waals surface area (Å²) in [6, 6.07) is 7.83. The molecule has 0 spiro atoms. The Morgan fingerprint density at radius 3 is 2.64 bits per heavy atom. The minimum absolute atomic E-state index is 0.581. The van der Waals surface area contributed by atoms with E-state index in [1.807, 2.05) is 30.5 Å². The molecule has 1 fully saturated rings. The molecule has 2 heterocycles. The van der Waals surface area contributed by atoms with Crippen molar-refractivity contribution in [1.29, 1.82) is 0 Å². The quantitative estimate of drug-likeness (QED) is 0.771. The number of hydrogen-bond acceptors (Lipinski definition) is 4. The van der Waals surface area contributed by atoms with E-state index in [9.17, 15) is 0 Å². The zero-order chi connectivity index (χ0) is 17.6. The molecule has 0 bridgehead atoms. The molecule has 1 aromatic carbocycles. The molecule has 1 atom stereocenters.